The standard InChI is InChI=1S/C18H14F3N3O/c19-13-2-4-15(5-3-13)24-10-8-14(23-24)7-9-22-18(25)12-1-6-16(20)17(21)11-12/h1-6,8,10-11H,7,9H2,(H,22,25). The van der Waals surface area contributed by atoms with Crippen molar-refractivity contribution in [3.8, 4) is 5.69 Å². The van der Waals surface area contributed by atoms with Crippen LogP contribution in [0.3, 0.4) is 0 Å². The molecule has 1 heterocycles. The number of carbonyl (C=O) groups is 1. The molecule has 1 aromatic heterocycles. The summed E-state index contributed by atoms with van der Waals surface area (Å²) < 4.78 is 40.5. The number of aromatic nitrogens is 2. The Kier molecular flexibility index (Phi) is 4.83. The first-order chi connectivity index (χ1) is 12.0. The molecule has 0 aliphatic heterocycles. The Bertz CT molecular complexity index is 891. The van der Waals surface area contributed by atoms with Gasteiger partial charge in [-0.3, -0.25) is 4.79 Å². The Morgan fingerprint density at radius 2 is 1.76 bits per heavy atom. The van der Waals surface area contributed by atoms with Crippen LogP contribution in [0.2, 0.25) is 0 Å². The Balaban J connectivity index is 1.56. The summed E-state index contributed by atoms with van der Waals surface area (Å²) in [5, 5.41) is 6.96. The minimum atomic E-state index is -1.06. The van der Waals surface area contributed by atoms with E-state index in [1.54, 1.807) is 29.1 Å². The molecule has 0 atom stereocenters. The lowest BCUT2D eigenvalue weighted by molar-refractivity contribution is 0.0953. The zero-order chi connectivity index (χ0) is 17.8. The Morgan fingerprint density at radius 1 is 1.00 bits per heavy atom. The first-order valence-corrected chi connectivity index (χ1v) is 7.56. The van der Waals surface area contributed by atoms with Gasteiger partial charge in [0.15, 0.2) is 11.6 Å². The van der Waals surface area contributed by atoms with Gasteiger partial charge in [0.25, 0.3) is 5.91 Å². The fraction of sp³-hybridized carbons (Fsp3) is 0.111. The summed E-state index contributed by atoms with van der Waals surface area (Å²) in [6.07, 6.45) is 2.20. The topological polar surface area (TPSA) is 46.9 Å². The fourth-order valence-corrected chi connectivity index (χ4v) is 2.28. The van der Waals surface area contributed by atoms with Crippen molar-refractivity contribution in [2.75, 3.05) is 6.54 Å². The number of nitrogens with one attached hydrogen (secondary N) is 1. The molecule has 3 rings (SSSR count). The second-order valence-corrected chi connectivity index (χ2v) is 5.36. The number of rotatable bonds is 5. The average molecular weight is 345 g/mol. The van der Waals surface area contributed by atoms with Crippen molar-refractivity contribution in [3.63, 3.8) is 0 Å². The highest BCUT2D eigenvalue weighted by atomic mass is 19.2. The molecule has 2 aromatic carbocycles. The van der Waals surface area contributed by atoms with Crippen molar-refractivity contribution in [2.45, 2.75) is 6.42 Å². The summed E-state index contributed by atoms with van der Waals surface area (Å²) in [6, 6.07) is 10.7. The van der Waals surface area contributed by atoms with Crippen LogP contribution in [-0.4, -0.2) is 22.2 Å². The van der Waals surface area contributed by atoms with Gasteiger partial charge in [0.05, 0.1) is 11.4 Å². The van der Waals surface area contributed by atoms with Gasteiger partial charge in [-0.05, 0) is 48.5 Å². The molecule has 128 valence electrons. The Labute approximate surface area is 141 Å². The van der Waals surface area contributed by atoms with Crippen LogP contribution in [0.5, 0.6) is 0 Å². The molecule has 0 aliphatic carbocycles. The van der Waals surface area contributed by atoms with E-state index in [2.05, 4.69) is 10.4 Å². The number of benzene rings is 2. The molecule has 1 amide bonds. The van der Waals surface area contributed by atoms with Crippen molar-refractivity contribution >= 4 is 5.91 Å². The predicted molar refractivity (Wildman–Crippen MR) is 85.9 cm³/mol. The molecule has 0 radical (unpaired) electrons. The Morgan fingerprint density at radius 3 is 2.48 bits per heavy atom. The summed E-state index contributed by atoms with van der Waals surface area (Å²) in [5.74, 6) is -2.87. The number of hydrogen-bond acceptors (Lipinski definition) is 2. The molecule has 25 heavy (non-hydrogen) atoms. The number of nitrogens with zero attached hydrogens (tertiary/aromatic N) is 2. The molecule has 0 bridgehead atoms. The molecule has 0 saturated heterocycles. The van der Waals surface area contributed by atoms with Crippen molar-refractivity contribution in [2.24, 2.45) is 0 Å². The Hall–Kier alpha value is -3.09. The maximum Gasteiger partial charge on any atom is 0.251 e. The zero-order valence-electron chi connectivity index (χ0n) is 13.0. The maximum absolute atomic E-state index is 13.1. The van der Waals surface area contributed by atoms with Crippen LogP contribution in [0.25, 0.3) is 5.69 Å². The minimum absolute atomic E-state index is 0.0516. The summed E-state index contributed by atoms with van der Waals surface area (Å²) in [4.78, 5) is 11.9. The van der Waals surface area contributed by atoms with Crippen LogP contribution in [0.1, 0.15) is 16.1 Å². The normalized spacial score (nSPS) is 10.7. The molecule has 0 saturated carbocycles. The van der Waals surface area contributed by atoms with Gasteiger partial charge in [-0.2, -0.15) is 5.10 Å². The quantitative estimate of drug-likeness (QED) is 0.772. The molecule has 0 aliphatic rings. The second kappa shape index (κ2) is 7.21. The fourth-order valence-electron chi connectivity index (χ4n) is 2.28. The molecule has 1 N–H and O–H groups in total. The molecule has 0 spiro atoms. The third-order valence-electron chi connectivity index (χ3n) is 3.58. The van der Waals surface area contributed by atoms with E-state index in [9.17, 15) is 18.0 Å². The maximum atomic E-state index is 13.1. The van der Waals surface area contributed by atoms with Gasteiger partial charge in [-0.1, -0.05) is 0 Å². The summed E-state index contributed by atoms with van der Waals surface area (Å²) in [6.45, 7) is 0.290. The molecular formula is C18H14F3N3O. The van der Waals surface area contributed by atoms with Gasteiger partial charge < -0.3 is 5.32 Å². The van der Waals surface area contributed by atoms with Crippen molar-refractivity contribution in [1.82, 2.24) is 15.1 Å². The third kappa shape index (κ3) is 4.06. The lowest BCUT2D eigenvalue weighted by atomic mass is 10.2. The predicted octanol–water partition coefficient (Wildman–Crippen LogP) is 3.26. The van der Waals surface area contributed by atoms with Crippen LogP contribution < -0.4 is 5.32 Å². The number of halogens is 3. The first-order valence-electron chi connectivity index (χ1n) is 7.56. The summed E-state index contributed by atoms with van der Waals surface area (Å²) in [7, 11) is 0. The molecule has 3 aromatic rings. The van der Waals surface area contributed by atoms with E-state index in [1.165, 1.54) is 18.2 Å². The largest absolute Gasteiger partial charge is 0.352 e. The molecule has 0 fully saturated rings. The van der Waals surface area contributed by atoms with Crippen LogP contribution in [0, 0.1) is 17.5 Å². The van der Waals surface area contributed by atoms with Crippen LogP contribution in [-0.2, 0) is 6.42 Å². The molecule has 0 unspecified atom stereocenters. The molecule has 4 nitrogen and oxygen atoms in total. The highest BCUT2D eigenvalue weighted by Gasteiger charge is 2.09. The lowest BCUT2D eigenvalue weighted by Gasteiger charge is -2.05. The second-order valence-electron chi connectivity index (χ2n) is 5.36. The first kappa shape index (κ1) is 16.8. The highest BCUT2D eigenvalue weighted by molar-refractivity contribution is 5.94. The van der Waals surface area contributed by atoms with Gasteiger partial charge in [0.2, 0.25) is 0 Å². The summed E-state index contributed by atoms with van der Waals surface area (Å²) in [5.41, 5.74) is 1.50. The minimum Gasteiger partial charge on any atom is -0.352 e. The van der Waals surface area contributed by atoms with E-state index in [0.29, 0.717) is 6.42 Å². The smallest absolute Gasteiger partial charge is 0.251 e. The van der Waals surface area contributed by atoms with Crippen molar-refractivity contribution < 1.29 is 18.0 Å². The third-order valence-corrected chi connectivity index (χ3v) is 3.58. The van der Waals surface area contributed by atoms with Gasteiger partial charge in [-0.15, -0.1) is 0 Å². The molecular weight excluding hydrogens is 331 g/mol. The number of amides is 1. The average Bonchev–Trinajstić information content (AvgIpc) is 3.06. The van der Waals surface area contributed by atoms with E-state index >= 15 is 0 Å². The SMILES string of the molecule is O=C(NCCc1ccn(-c2ccc(F)cc2)n1)c1ccc(F)c(F)c1. The summed E-state index contributed by atoms with van der Waals surface area (Å²) >= 11 is 0. The highest BCUT2D eigenvalue weighted by Crippen LogP contribution is 2.10. The van der Waals surface area contributed by atoms with E-state index in [0.717, 1.165) is 23.5 Å². The lowest BCUT2D eigenvalue weighted by Crippen LogP contribution is -2.26. The van der Waals surface area contributed by atoms with Crippen molar-refractivity contribution in [3.05, 3.63) is 83.4 Å². The van der Waals surface area contributed by atoms with E-state index < -0.39 is 17.5 Å². The van der Waals surface area contributed by atoms with Gasteiger partial charge >= 0.3 is 0 Å². The van der Waals surface area contributed by atoms with Gasteiger partial charge in [0, 0.05) is 24.7 Å². The molecule has 7 heteroatoms. The zero-order valence-corrected chi connectivity index (χ0v) is 13.0. The number of carbonyl (C=O) groups excluding carboxylic acids is 1. The van der Waals surface area contributed by atoms with E-state index in [4.69, 9.17) is 0 Å². The van der Waals surface area contributed by atoms with E-state index in [1.807, 2.05) is 0 Å². The van der Waals surface area contributed by atoms with Gasteiger partial charge in [0.1, 0.15) is 5.82 Å². The van der Waals surface area contributed by atoms with E-state index in [-0.39, 0.29) is 17.9 Å². The van der Waals surface area contributed by atoms with Crippen LogP contribution in [0.4, 0.5) is 13.2 Å². The van der Waals surface area contributed by atoms with Crippen LogP contribution in [0.15, 0.2) is 54.7 Å². The van der Waals surface area contributed by atoms with Gasteiger partial charge in [-0.25, -0.2) is 17.9 Å². The monoisotopic (exact) mass is 345 g/mol. The number of hydrogen-bond donors (Lipinski definition) is 1. The van der Waals surface area contributed by atoms with Crippen LogP contribution >= 0.6 is 0 Å². The van der Waals surface area contributed by atoms with Crippen molar-refractivity contribution in [1.29, 1.82) is 0 Å².